The summed E-state index contributed by atoms with van der Waals surface area (Å²) in [5, 5.41) is 8.65. The van der Waals surface area contributed by atoms with Crippen LogP contribution in [0.4, 0.5) is 0 Å². The van der Waals surface area contributed by atoms with Crippen molar-refractivity contribution in [3.05, 3.63) is 17.3 Å². The Kier molecular flexibility index (Phi) is 5.52. The van der Waals surface area contributed by atoms with Crippen molar-refractivity contribution in [2.45, 2.75) is 55.7 Å². The van der Waals surface area contributed by atoms with Gasteiger partial charge >= 0.3 is 0 Å². The van der Waals surface area contributed by atoms with Gasteiger partial charge in [-0.1, -0.05) is 18.0 Å². The quantitative estimate of drug-likeness (QED) is 0.791. The van der Waals surface area contributed by atoms with Crippen LogP contribution in [0.5, 0.6) is 0 Å². The third-order valence-corrected chi connectivity index (χ3v) is 8.69. The molecule has 3 heterocycles. The average Bonchev–Trinajstić information content (AvgIpc) is 3.43. The predicted molar refractivity (Wildman–Crippen MR) is 104 cm³/mol. The highest BCUT2D eigenvalue weighted by atomic mass is 32.2. The smallest absolute Gasteiger partial charge is 0.252 e. The molecule has 1 saturated carbocycles. The van der Waals surface area contributed by atoms with E-state index in [0.717, 1.165) is 43.4 Å². The molecule has 1 N–H and O–H groups in total. The van der Waals surface area contributed by atoms with E-state index >= 15 is 0 Å². The van der Waals surface area contributed by atoms with Crippen LogP contribution in [-0.4, -0.2) is 47.9 Å². The molecule has 28 heavy (non-hydrogen) atoms. The van der Waals surface area contributed by atoms with Gasteiger partial charge in [0, 0.05) is 37.0 Å². The van der Waals surface area contributed by atoms with Crippen molar-refractivity contribution in [1.29, 1.82) is 0 Å². The molecule has 0 unspecified atom stereocenters. The molecular weight excluding hydrogens is 400 g/mol. The fourth-order valence-corrected chi connectivity index (χ4v) is 6.71. The molecule has 1 atom stereocenters. The maximum absolute atomic E-state index is 13.1. The third kappa shape index (κ3) is 3.99. The summed E-state index contributed by atoms with van der Waals surface area (Å²) < 4.78 is 32.8. The van der Waals surface area contributed by atoms with E-state index in [1.54, 1.807) is 18.4 Å². The van der Waals surface area contributed by atoms with Gasteiger partial charge < -0.3 is 9.84 Å². The van der Waals surface area contributed by atoms with Crippen LogP contribution in [0.15, 0.2) is 20.2 Å². The number of aromatic nitrogens is 2. The maximum atomic E-state index is 13.1. The van der Waals surface area contributed by atoms with Gasteiger partial charge in [-0.25, -0.2) is 8.42 Å². The Bertz CT molecular complexity index is 946. The first kappa shape index (κ1) is 19.5. The number of amides is 1. The minimum Gasteiger partial charge on any atom is -0.353 e. The van der Waals surface area contributed by atoms with Crippen LogP contribution in [0.1, 0.15) is 44.4 Å². The van der Waals surface area contributed by atoms with Crippen molar-refractivity contribution in [3.8, 4) is 11.4 Å². The highest BCUT2D eigenvalue weighted by molar-refractivity contribution is 7.91. The highest BCUT2D eigenvalue weighted by Gasteiger charge is 2.35. The maximum Gasteiger partial charge on any atom is 0.252 e. The molecule has 2 aliphatic rings. The molecule has 2 aromatic heterocycles. The molecule has 0 aromatic carbocycles. The molecule has 4 rings (SSSR count). The van der Waals surface area contributed by atoms with Crippen LogP contribution in [0.3, 0.4) is 0 Å². The fourth-order valence-electron chi connectivity index (χ4n) is 3.88. The molecule has 1 aliphatic carbocycles. The van der Waals surface area contributed by atoms with Crippen LogP contribution in [0.25, 0.3) is 11.4 Å². The molecule has 10 heteroatoms. The largest absolute Gasteiger partial charge is 0.353 e. The summed E-state index contributed by atoms with van der Waals surface area (Å²) >= 11 is 1.14. The number of nitrogens with one attached hydrogen (secondary N) is 1. The van der Waals surface area contributed by atoms with E-state index in [9.17, 15) is 13.2 Å². The molecule has 1 amide bonds. The summed E-state index contributed by atoms with van der Waals surface area (Å²) in [4.78, 5) is 16.7. The highest BCUT2D eigenvalue weighted by Crippen LogP contribution is 2.31. The fraction of sp³-hybridized carbons (Fsp3) is 0.611. The van der Waals surface area contributed by atoms with Crippen LogP contribution in [0, 0.1) is 12.8 Å². The number of nitrogens with zero attached hydrogens (tertiary/aromatic N) is 3. The first-order valence-corrected chi connectivity index (χ1v) is 12.0. The monoisotopic (exact) mass is 424 g/mol. The second kappa shape index (κ2) is 7.92. The van der Waals surface area contributed by atoms with Crippen molar-refractivity contribution < 1.29 is 17.7 Å². The molecule has 1 saturated heterocycles. The van der Waals surface area contributed by atoms with Crippen LogP contribution in [-0.2, 0) is 14.8 Å². The second-order valence-corrected chi connectivity index (χ2v) is 10.6. The van der Waals surface area contributed by atoms with Gasteiger partial charge in [-0.15, -0.1) is 11.3 Å². The first-order valence-electron chi connectivity index (χ1n) is 9.63. The number of thiophene rings is 1. The van der Waals surface area contributed by atoms with Crippen LogP contribution < -0.4 is 5.32 Å². The summed E-state index contributed by atoms with van der Waals surface area (Å²) in [5.74, 6) is 0.504. The second-order valence-electron chi connectivity index (χ2n) is 7.48. The Morgan fingerprint density at radius 3 is 2.79 bits per heavy atom. The van der Waals surface area contributed by atoms with Crippen molar-refractivity contribution in [1.82, 2.24) is 19.8 Å². The Balaban J connectivity index is 1.46. The topological polar surface area (TPSA) is 105 Å². The van der Waals surface area contributed by atoms with Crippen LogP contribution >= 0.6 is 11.3 Å². The zero-order valence-electron chi connectivity index (χ0n) is 15.8. The molecule has 0 spiro atoms. The molecule has 2 aromatic rings. The lowest BCUT2D eigenvalue weighted by Gasteiger charge is -2.31. The molecule has 0 radical (unpaired) electrons. The number of carbonyl (C=O) groups excluding carboxylic acids is 1. The Labute approximate surface area is 168 Å². The zero-order chi connectivity index (χ0) is 19.7. The number of hydrogen-bond donors (Lipinski definition) is 1. The summed E-state index contributed by atoms with van der Waals surface area (Å²) in [6.07, 6.45) is 5.75. The van der Waals surface area contributed by atoms with E-state index in [1.807, 2.05) is 0 Å². The lowest BCUT2D eigenvalue weighted by atomic mass is 9.98. The number of carbonyl (C=O) groups is 1. The zero-order valence-corrected chi connectivity index (χ0v) is 17.4. The number of aryl methyl sites for hydroxylation is 1. The van der Waals surface area contributed by atoms with Gasteiger partial charge in [0.2, 0.25) is 17.6 Å². The molecule has 2 fully saturated rings. The molecule has 8 nitrogen and oxygen atoms in total. The van der Waals surface area contributed by atoms with E-state index in [4.69, 9.17) is 4.52 Å². The first-order chi connectivity index (χ1) is 13.4. The normalized spacial score (nSPS) is 21.8. The van der Waals surface area contributed by atoms with Gasteiger partial charge in [0.05, 0.1) is 5.92 Å². The Morgan fingerprint density at radius 2 is 2.07 bits per heavy atom. The van der Waals surface area contributed by atoms with E-state index in [2.05, 4.69) is 15.5 Å². The summed E-state index contributed by atoms with van der Waals surface area (Å²) in [6.45, 7) is 2.35. The van der Waals surface area contributed by atoms with Gasteiger partial charge in [-0.05, 0) is 31.7 Å². The summed E-state index contributed by atoms with van der Waals surface area (Å²) in [6, 6.07) is 1.82. The number of sulfonamides is 1. The molecule has 152 valence electrons. The molecular formula is C18H24N4O4S2. The number of piperidine rings is 1. The molecule has 0 bridgehead atoms. The minimum atomic E-state index is -3.65. The lowest BCUT2D eigenvalue weighted by molar-refractivity contribution is -0.126. The van der Waals surface area contributed by atoms with E-state index in [1.165, 1.54) is 4.31 Å². The Morgan fingerprint density at radius 1 is 1.29 bits per heavy atom. The van der Waals surface area contributed by atoms with E-state index in [-0.39, 0.29) is 28.6 Å². The van der Waals surface area contributed by atoms with E-state index in [0.29, 0.717) is 30.2 Å². The van der Waals surface area contributed by atoms with Gasteiger partial charge in [0.25, 0.3) is 10.0 Å². The average molecular weight is 425 g/mol. The summed E-state index contributed by atoms with van der Waals surface area (Å²) in [5.41, 5.74) is 0.618. The van der Waals surface area contributed by atoms with Crippen molar-refractivity contribution in [2.24, 2.45) is 5.92 Å². The predicted octanol–water partition coefficient (Wildman–Crippen LogP) is 2.57. The van der Waals surface area contributed by atoms with Gasteiger partial charge in [-0.3, -0.25) is 4.79 Å². The third-order valence-electron chi connectivity index (χ3n) is 5.41. The van der Waals surface area contributed by atoms with Crippen molar-refractivity contribution in [3.63, 3.8) is 0 Å². The van der Waals surface area contributed by atoms with Gasteiger partial charge in [0.1, 0.15) is 4.21 Å². The standard InChI is InChI=1S/C18H24N4O4S2/c1-12-19-17(21-26-12)14-9-16(27-11-14)28(24,25)22-8-4-5-13(10-22)18(23)20-15-6-2-3-7-15/h9,11,13,15H,2-8,10H2,1H3,(H,20,23)/t13-/m0/s1. The van der Waals surface area contributed by atoms with Crippen LogP contribution in [0.2, 0.25) is 0 Å². The summed E-state index contributed by atoms with van der Waals surface area (Å²) in [7, 11) is -3.65. The lowest BCUT2D eigenvalue weighted by Crippen LogP contribution is -2.47. The minimum absolute atomic E-state index is 0.0130. The number of rotatable bonds is 5. The SMILES string of the molecule is Cc1nc(-c2csc(S(=O)(=O)N3CCC[C@H](C(=O)NC4CCCC4)C3)c2)no1. The number of hydrogen-bond acceptors (Lipinski definition) is 7. The van der Waals surface area contributed by atoms with E-state index < -0.39 is 10.0 Å². The Hall–Kier alpha value is -1.78. The molecule has 1 aliphatic heterocycles. The van der Waals surface area contributed by atoms with Crippen molar-refractivity contribution in [2.75, 3.05) is 13.1 Å². The van der Waals surface area contributed by atoms with Crippen molar-refractivity contribution >= 4 is 27.3 Å². The van der Waals surface area contributed by atoms with Gasteiger partial charge in [0.15, 0.2) is 0 Å². The van der Waals surface area contributed by atoms with Gasteiger partial charge in [-0.2, -0.15) is 9.29 Å².